The molecule has 2 aliphatic rings. The van der Waals surface area contributed by atoms with E-state index in [0.717, 1.165) is 38.1 Å². The van der Waals surface area contributed by atoms with Crippen molar-refractivity contribution in [1.29, 1.82) is 0 Å². The van der Waals surface area contributed by atoms with Crippen LogP contribution in [0, 0.1) is 5.41 Å². The SMILES string of the molecule is CN(C)CC1CCCN1C(=O)CC1(CS)CC1. The molecule has 0 bridgehead atoms. The number of likely N-dealkylation sites (N-methyl/N-ethyl adjacent to an activating group) is 1. The van der Waals surface area contributed by atoms with E-state index < -0.39 is 0 Å². The van der Waals surface area contributed by atoms with Gasteiger partial charge in [-0.15, -0.1) is 0 Å². The molecule has 1 saturated carbocycles. The molecule has 2 rings (SSSR count). The van der Waals surface area contributed by atoms with Gasteiger partial charge in [0.25, 0.3) is 0 Å². The van der Waals surface area contributed by atoms with Gasteiger partial charge in [-0.1, -0.05) is 0 Å². The predicted octanol–water partition coefficient (Wildman–Crippen LogP) is 1.64. The van der Waals surface area contributed by atoms with E-state index in [0.29, 0.717) is 11.9 Å². The molecule has 1 atom stereocenters. The van der Waals surface area contributed by atoms with Gasteiger partial charge < -0.3 is 9.80 Å². The van der Waals surface area contributed by atoms with Crippen molar-refractivity contribution < 1.29 is 4.79 Å². The monoisotopic (exact) mass is 256 g/mol. The topological polar surface area (TPSA) is 23.6 Å². The van der Waals surface area contributed by atoms with E-state index in [4.69, 9.17) is 0 Å². The largest absolute Gasteiger partial charge is 0.338 e. The number of thiol groups is 1. The zero-order valence-electron chi connectivity index (χ0n) is 11.0. The molecule has 1 amide bonds. The van der Waals surface area contributed by atoms with Crippen LogP contribution in [-0.2, 0) is 4.79 Å². The molecule has 0 N–H and O–H groups in total. The highest BCUT2D eigenvalue weighted by Crippen LogP contribution is 2.50. The Kier molecular flexibility index (Phi) is 4.03. The minimum atomic E-state index is 0.255. The summed E-state index contributed by atoms with van der Waals surface area (Å²) in [5, 5.41) is 0. The van der Waals surface area contributed by atoms with Crippen molar-refractivity contribution in [2.45, 2.75) is 38.1 Å². The molecule has 0 aromatic rings. The Morgan fingerprint density at radius 1 is 1.47 bits per heavy atom. The molecular weight excluding hydrogens is 232 g/mol. The Balaban J connectivity index is 1.89. The smallest absolute Gasteiger partial charge is 0.223 e. The molecule has 4 heteroatoms. The highest BCUT2D eigenvalue weighted by molar-refractivity contribution is 7.80. The van der Waals surface area contributed by atoms with Crippen molar-refractivity contribution in [3.05, 3.63) is 0 Å². The zero-order valence-corrected chi connectivity index (χ0v) is 11.9. The molecule has 0 spiro atoms. The van der Waals surface area contributed by atoms with Crippen molar-refractivity contribution in [3.8, 4) is 0 Å². The highest BCUT2D eigenvalue weighted by Gasteiger charge is 2.44. The third-order valence-corrected chi connectivity index (χ3v) is 4.76. The maximum absolute atomic E-state index is 12.3. The van der Waals surface area contributed by atoms with Gasteiger partial charge in [0.05, 0.1) is 0 Å². The number of amides is 1. The molecule has 0 radical (unpaired) electrons. The summed E-state index contributed by atoms with van der Waals surface area (Å²) in [5.41, 5.74) is 0.255. The van der Waals surface area contributed by atoms with Crippen LogP contribution in [0.3, 0.4) is 0 Å². The van der Waals surface area contributed by atoms with E-state index in [-0.39, 0.29) is 5.41 Å². The third-order valence-electron chi connectivity index (χ3n) is 4.09. The van der Waals surface area contributed by atoms with Crippen LogP contribution in [0.1, 0.15) is 32.1 Å². The van der Waals surface area contributed by atoms with E-state index >= 15 is 0 Å². The Morgan fingerprint density at radius 2 is 2.18 bits per heavy atom. The standard InChI is InChI=1S/C13H24N2OS/c1-14(2)9-11-4-3-7-15(11)12(16)8-13(10-17)5-6-13/h11,17H,3-10H2,1-2H3. The minimum Gasteiger partial charge on any atom is -0.338 e. The van der Waals surface area contributed by atoms with Crippen LogP contribution in [0.25, 0.3) is 0 Å². The number of hydrogen-bond donors (Lipinski definition) is 1. The number of likely N-dealkylation sites (tertiary alicyclic amines) is 1. The van der Waals surface area contributed by atoms with E-state index in [1.807, 2.05) is 0 Å². The molecule has 17 heavy (non-hydrogen) atoms. The number of rotatable bonds is 5. The Labute approximate surface area is 110 Å². The second kappa shape index (κ2) is 5.19. The van der Waals surface area contributed by atoms with E-state index in [1.165, 1.54) is 12.8 Å². The molecule has 0 aromatic heterocycles. The number of hydrogen-bond acceptors (Lipinski definition) is 3. The fourth-order valence-corrected chi connectivity index (χ4v) is 3.19. The van der Waals surface area contributed by atoms with Crippen LogP contribution in [-0.4, -0.2) is 54.7 Å². The Morgan fingerprint density at radius 3 is 2.71 bits per heavy atom. The lowest BCUT2D eigenvalue weighted by Gasteiger charge is -2.28. The summed E-state index contributed by atoms with van der Waals surface area (Å²) in [5.74, 6) is 1.23. The van der Waals surface area contributed by atoms with Gasteiger partial charge in [-0.05, 0) is 50.9 Å². The third kappa shape index (κ3) is 3.16. The molecule has 1 saturated heterocycles. The quantitative estimate of drug-likeness (QED) is 0.756. The van der Waals surface area contributed by atoms with E-state index in [1.54, 1.807) is 0 Å². The number of carbonyl (C=O) groups excluding carboxylic acids is 1. The van der Waals surface area contributed by atoms with Crippen molar-refractivity contribution in [1.82, 2.24) is 9.80 Å². The second-order valence-corrected chi connectivity index (χ2v) is 6.30. The van der Waals surface area contributed by atoms with Gasteiger partial charge >= 0.3 is 0 Å². The van der Waals surface area contributed by atoms with Crippen LogP contribution >= 0.6 is 12.6 Å². The predicted molar refractivity (Wildman–Crippen MR) is 73.4 cm³/mol. The average molecular weight is 256 g/mol. The molecular formula is C13H24N2OS. The first kappa shape index (κ1) is 13.2. The number of nitrogens with zero attached hydrogens (tertiary/aromatic N) is 2. The van der Waals surface area contributed by atoms with E-state index in [9.17, 15) is 4.79 Å². The summed E-state index contributed by atoms with van der Waals surface area (Å²) in [6, 6.07) is 0.438. The average Bonchev–Trinajstić information content (AvgIpc) is 2.89. The van der Waals surface area contributed by atoms with Gasteiger partial charge in [0.15, 0.2) is 0 Å². The molecule has 3 nitrogen and oxygen atoms in total. The molecule has 1 heterocycles. The maximum Gasteiger partial charge on any atom is 0.223 e. The van der Waals surface area contributed by atoms with Crippen LogP contribution < -0.4 is 0 Å². The van der Waals surface area contributed by atoms with Crippen LogP contribution in [0.15, 0.2) is 0 Å². The van der Waals surface area contributed by atoms with Crippen LogP contribution in [0.2, 0.25) is 0 Å². The molecule has 2 fully saturated rings. The highest BCUT2D eigenvalue weighted by atomic mass is 32.1. The van der Waals surface area contributed by atoms with Gasteiger partial charge in [0.1, 0.15) is 0 Å². The van der Waals surface area contributed by atoms with Crippen molar-refractivity contribution in [3.63, 3.8) is 0 Å². The second-order valence-electron chi connectivity index (χ2n) is 5.98. The lowest BCUT2D eigenvalue weighted by molar-refractivity contribution is -0.133. The summed E-state index contributed by atoms with van der Waals surface area (Å²) < 4.78 is 0. The van der Waals surface area contributed by atoms with E-state index in [2.05, 4.69) is 36.5 Å². The minimum absolute atomic E-state index is 0.255. The molecule has 98 valence electrons. The lowest BCUT2D eigenvalue weighted by Crippen LogP contribution is -2.42. The lowest BCUT2D eigenvalue weighted by atomic mass is 10.0. The van der Waals surface area contributed by atoms with Gasteiger partial charge in [-0.2, -0.15) is 12.6 Å². The first-order valence-electron chi connectivity index (χ1n) is 6.61. The zero-order chi connectivity index (χ0) is 12.5. The summed E-state index contributed by atoms with van der Waals surface area (Å²) in [4.78, 5) is 16.6. The maximum atomic E-state index is 12.3. The van der Waals surface area contributed by atoms with Gasteiger partial charge in [0, 0.05) is 25.6 Å². The Hall–Kier alpha value is -0.220. The first-order valence-corrected chi connectivity index (χ1v) is 7.25. The Bertz CT molecular complexity index is 289. The van der Waals surface area contributed by atoms with Gasteiger partial charge in [-0.25, -0.2) is 0 Å². The first-order chi connectivity index (χ1) is 8.06. The molecule has 1 aliphatic carbocycles. The van der Waals surface area contributed by atoms with Crippen LogP contribution in [0.5, 0.6) is 0 Å². The van der Waals surface area contributed by atoms with Crippen LogP contribution in [0.4, 0.5) is 0 Å². The van der Waals surface area contributed by atoms with Gasteiger partial charge in [0.2, 0.25) is 5.91 Å². The summed E-state index contributed by atoms with van der Waals surface area (Å²) in [6.07, 6.45) is 5.43. The van der Waals surface area contributed by atoms with Crippen molar-refractivity contribution >= 4 is 18.5 Å². The molecule has 0 aromatic carbocycles. The fourth-order valence-electron chi connectivity index (χ4n) is 2.77. The summed E-state index contributed by atoms with van der Waals surface area (Å²) >= 11 is 4.38. The van der Waals surface area contributed by atoms with Crippen molar-refractivity contribution in [2.75, 3.05) is 32.9 Å². The van der Waals surface area contributed by atoms with Crippen molar-refractivity contribution in [2.24, 2.45) is 5.41 Å². The molecule has 1 unspecified atom stereocenters. The normalized spacial score (nSPS) is 26.6. The number of carbonyl (C=O) groups is 1. The van der Waals surface area contributed by atoms with Gasteiger partial charge in [-0.3, -0.25) is 4.79 Å². The summed E-state index contributed by atoms with van der Waals surface area (Å²) in [6.45, 7) is 1.96. The summed E-state index contributed by atoms with van der Waals surface area (Å²) in [7, 11) is 4.16. The fraction of sp³-hybridized carbons (Fsp3) is 0.923. The molecule has 1 aliphatic heterocycles.